The summed E-state index contributed by atoms with van der Waals surface area (Å²) >= 11 is 3.57. The molecule has 0 radical (unpaired) electrons. The maximum absolute atomic E-state index is 9.48. The third-order valence-electron chi connectivity index (χ3n) is 3.90. The van der Waals surface area contributed by atoms with Crippen molar-refractivity contribution in [2.45, 2.75) is 38.8 Å². The summed E-state index contributed by atoms with van der Waals surface area (Å²) in [5, 5.41) is 12.8. The Morgan fingerprint density at radius 2 is 2.04 bits per heavy atom. The molecule has 0 fully saturated rings. The van der Waals surface area contributed by atoms with Crippen molar-refractivity contribution >= 4 is 21.6 Å². The first-order valence-corrected chi connectivity index (χ1v) is 8.04. The van der Waals surface area contributed by atoms with Crippen LogP contribution in [0.4, 0.5) is 5.69 Å². The number of anilines is 1. The number of allylic oxidation sites excluding steroid dienone is 1. The number of nitriles is 1. The van der Waals surface area contributed by atoms with Crippen LogP contribution in [0.5, 0.6) is 5.75 Å². The van der Waals surface area contributed by atoms with E-state index in [1.54, 1.807) is 13.0 Å². The summed E-state index contributed by atoms with van der Waals surface area (Å²) in [5.74, 6) is 1.29. The summed E-state index contributed by atoms with van der Waals surface area (Å²) in [6.45, 7) is 8.20. The Kier molecular flexibility index (Phi) is 3.38. The van der Waals surface area contributed by atoms with Gasteiger partial charge in [0.05, 0.1) is 10.2 Å². The van der Waals surface area contributed by atoms with Gasteiger partial charge in [0.25, 0.3) is 0 Å². The van der Waals surface area contributed by atoms with Crippen LogP contribution < -0.4 is 15.8 Å². The Bertz CT molecular complexity index is 799. The molecule has 5 nitrogen and oxygen atoms in total. The van der Waals surface area contributed by atoms with Gasteiger partial charge in [-0.15, -0.1) is 0 Å². The van der Waals surface area contributed by atoms with Gasteiger partial charge in [0.15, 0.2) is 11.3 Å². The minimum Gasteiger partial charge on any atom is -0.456 e. The number of ether oxygens (including phenoxy) is 2. The molecule has 0 saturated carbocycles. The number of nitrogens with two attached hydrogens (primary N) is 1. The fourth-order valence-electron chi connectivity index (χ4n) is 2.72. The molecule has 6 heteroatoms. The SMILES string of the molecule is CC1=C[C@@]2(Nc3cc(C(C)(C)C)cc(Br)c3O2)C(C#N)=C(N)O1. The second kappa shape index (κ2) is 4.93. The van der Waals surface area contributed by atoms with E-state index in [1.807, 2.05) is 12.1 Å². The molecule has 120 valence electrons. The lowest BCUT2D eigenvalue weighted by Gasteiger charge is -2.30. The van der Waals surface area contributed by atoms with E-state index in [1.165, 1.54) is 0 Å². The normalized spacial score (nSPS) is 22.7. The fourth-order valence-corrected chi connectivity index (χ4v) is 3.26. The summed E-state index contributed by atoms with van der Waals surface area (Å²) in [5.41, 5.74) is 6.92. The van der Waals surface area contributed by atoms with Gasteiger partial charge in [0.2, 0.25) is 11.6 Å². The molecule has 2 aliphatic heterocycles. The average molecular weight is 376 g/mol. The van der Waals surface area contributed by atoms with Crippen molar-refractivity contribution in [1.29, 1.82) is 5.26 Å². The molecule has 1 aromatic carbocycles. The van der Waals surface area contributed by atoms with E-state index in [9.17, 15) is 5.26 Å². The zero-order chi connectivity index (χ0) is 17.0. The lowest BCUT2D eigenvalue weighted by atomic mass is 9.87. The maximum Gasteiger partial charge on any atom is 0.245 e. The number of hydrogen-bond acceptors (Lipinski definition) is 5. The smallest absolute Gasteiger partial charge is 0.245 e. The van der Waals surface area contributed by atoms with Crippen LogP contribution in [0.15, 0.2) is 39.9 Å². The second-order valence-corrected chi connectivity index (χ2v) is 7.61. The molecule has 1 spiro atoms. The Balaban J connectivity index is 2.13. The van der Waals surface area contributed by atoms with Crippen molar-refractivity contribution < 1.29 is 9.47 Å². The minimum absolute atomic E-state index is 0.0106. The van der Waals surface area contributed by atoms with Crippen LogP contribution >= 0.6 is 15.9 Å². The van der Waals surface area contributed by atoms with E-state index in [2.05, 4.69) is 48.1 Å². The summed E-state index contributed by atoms with van der Waals surface area (Å²) in [7, 11) is 0. The molecule has 0 unspecified atom stereocenters. The highest BCUT2D eigenvalue weighted by atomic mass is 79.9. The monoisotopic (exact) mass is 375 g/mol. The molecule has 3 rings (SSSR count). The lowest BCUT2D eigenvalue weighted by Crippen LogP contribution is -2.44. The number of fused-ring (bicyclic) bond motifs is 1. The number of halogens is 1. The predicted molar refractivity (Wildman–Crippen MR) is 91.5 cm³/mol. The van der Waals surface area contributed by atoms with Crippen LogP contribution in [0.25, 0.3) is 0 Å². The average Bonchev–Trinajstić information content (AvgIpc) is 2.76. The highest BCUT2D eigenvalue weighted by molar-refractivity contribution is 9.10. The minimum atomic E-state index is -1.12. The van der Waals surface area contributed by atoms with Crippen molar-refractivity contribution in [3.05, 3.63) is 45.5 Å². The van der Waals surface area contributed by atoms with E-state index in [-0.39, 0.29) is 16.9 Å². The molecule has 0 saturated heterocycles. The number of nitrogens with zero attached hydrogens (tertiary/aromatic N) is 1. The van der Waals surface area contributed by atoms with E-state index in [4.69, 9.17) is 15.2 Å². The van der Waals surface area contributed by atoms with Crippen LogP contribution in [0.2, 0.25) is 0 Å². The topological polar surface area (TPSA) is 80.3 Å². The molecule has 2 heterocycles. The Morgan fingerprint density at radius 1 is 1.35 bits per heavy atom. The lowest BCUT2D eigenvalue weighted by molar-refractivity contribution is 0.174. The van der Waals surface area contributed by atoms with E-state index >= 15 is 0 Å². The van der Waals surface area contributed by atoms with Crippen molar-refractivity contribution in [3.63, 3.8) is 0 Å². The molecule has 1 aromatic rings. The maximum atomic E-state index is 9.48. The number of benzene rings is 1. The van der Waals surface area contributed by atoms with Gasteiger partial charge in [-0.3, -0.25) is 0 Å². The number of rotatable bonds is 0. The summed E-state index contributed by atoms with van der Waals surface area (Å²) < 4.78 is 12.3. The van der Waals surface area contributed by atoms with Gasteiger partial charge in [-0.05, 0) is 46.0 Å². The molecule has 0 bridgehead atoms. The molecular formula is C17H18BrN3O2. The van der Waals surface area contributed by atoms with Crippen LogP contribution in [0.1, 0.15) is 33.3 Å². The second-order valence-electron chi connectivity index (χ2n) is 6.76. The third kappa shape index (κ3) is 2.45. The Hall–Kier alpha value is -2.13. The van der Waals surface area contributed by atoms with Crippen LogP contribution in [0.3, 0.4) is 0 Å². The van der Waals surface area contributed by atoms with Gasteiger partial charge in [-0.25, -0.2) is 0 Å². The van der Waals surface area contributed by atoms with Gasteiger partial charge in [-0.1, -0.05) is 20.8 Å². The molecule has 1 atom stereocenters. The zero-order valence-electron chi connectivity index (χ0n) is 13.5. The van der Waals surface area contributed by atoms with Crippen molar-refractivity contribution in [3.8, 4) is 11.8 Å². The van der Waals surface area contributed by atoms with Crippen molar-refractivity contribution in [2.24, 2.45) is 5.73 Å². The van der Waals surface area contributed by atoms with E-state index in [0.29, 0.717) is 11.5 Å². The Labute approximate surface area is 143 Å². The highest BCUT2D eigenvalue weighted by Crippen LogP contribution is 2.48. The van der Waals surface area contributed by atoms with Crippen LogP contribution in [-0.4, -0.2) is 5.72 Å². The summed E-state index contributed by atoms with van der Waals surface area (Å²) in [6, 6.07) is 6.17. The first-order chi connectivity index (χ1) is 10.7. The number of nitrogens with one attached hydrogen (secondary N) is 1. The largest absolute Gasteiger partial charge is 0.456 e. The van der Waals surface area contributed by atoms with Crippen LogP contribution in [0, 0.1) is 11.3 Å². The number of hydrogen-bond donors (Lipinski definition) is 2. The van der Waals surface area contributed by atoms with Crippen molar-refractivity contribution in [2.75, 3.05) is 5.32 Å². The first kappa shape index (κ1) is 15.8. The summed E-state index contributed by atoms with van der Waals surface area (Å²) in [4.78, 5) is 0. The molecule has 0 aliphatic carbocycles. The summed E-state index contributed by atoms with van der Waals surface area (Å²) in [6.07, 6.45) is 1.73. The highest BCUT2D eigenvalue weighted by Gasteiger charge is 2.47. The predicted octanol–water partition coefficient (Wildman–Crippen LogP) is 3.88. The molecule has 2 aliphatic rings. The first-order valence-electron chi connectivity index (χ1n) is 7.25. The van der Waals surface area contributed by atoms with Gasteiger partial charge in [-0.2, -0.15) is 5.26 Å². The molecule has 3 N–H and O–H groups in total. The van der Waals surface area contributed by atoms with Crippen molar-refractivity contribution in [1.82, 2.24) is 0 Å². The van der Waals surface area contributed by atoms with Gasteiger partial charge in [0, 0.05) is 6.08 Å². The van der Waals surface area contributed by atoms with Gasteiger partial charge >= 0.3 is 0 Å². The fraction of sp³-hybridized carbons (Fsp3) is 0.353. The molecular weight excluding hydrogens is 358 g/mol. The van der Waals surface area contributed by atoms with E-state index < -0.39 is 5.72 Å². The van der Waals surface area contributed by atoms with Gasteiger partial charge in [0.1, 0.15) is 11.8 Å². The molecule has 0 aromatic heterocycles. The molecule has 0 amide bonds. The Morgan fingerprint density at radius 3 is 2.65 bits per heavy atom. The third-order valence-corrected chi connectivity index (χ3v) is 4.49. The van der Waals surface area contributed by atoms with Crippen LogP contribution in [-0.2, 0) is 10.2 Å². The van der Waals surface area contributed by atoms with Gasteiger partial charge < -0.3 is 20.5 Å². The quantitative estimate of drug-likeness (QED) is 0.719. The van der Waals surface area contributed by atoms with E-state index in [0.717, 1.165) is 15.7 Å². The molecule has 23 heavy (non-hydrogen) atoms. The zero-order valence-corrected chi connectivity index (χ0v) is 15.0. The standard InChI is InChI=1S/C17H18BrN3O2/c1-9-7-17(11(8-19)15(20)22-9)21-13-6-10(16(2,3)4)5-12(18)14(13)23-17/h5-7,21H,20H2,1-4H3/t17-/m0/s1.